The van der Waals surface area contributed by atoms with Gasteiger partial charge in [0.15, 0.2) is 17.3 Å². The van der Waals surface area contributed by atoms with E-state index in [2.05, 4.69) is 0 Å². The van der Waals surface area contributed by atoms with Crippen LogP contribution in [-0.4, -0.2) is 37.3 Å². The molecule has 5 nitrogen and oxygen atoms in total. The van der Waals surface area contributed by atoms with E-state index in [0.29, 0.717) is 24.3 Å². The van der Waals surface area contributed by atoms with Crippen LogP contribution in [-0.2, 0) is 12.8 Å². The van der Waals surface area contributed by atoms with E-state index in [1.807, 2.05) is 37.3 Å². The topological polar surface area (TPSA) is 81.8 Å². The first kappa shape index (κ1) is 21.4. The van der Waals surface area contributed by atoms with Crippen molar-refractivity contribution in [3.05, 3.63) is 45.6 Å². The number of nitrogens with two attached hydrogens (primary N) is 1. The Kier molecular flexibility index (Phi) is 7.83. The highest BCUT2D eigenvalue weighted by Gasteiger charge is 2.18. The van der Waals surface area contributed by atoms with Crippen molar-refractivity contribution in [2.75, 3.05) is 20.8 Å². The molecule has 1 heterocycles. The van der Waals surface area contributed by atoms with Gasteiger partial charge in [-0.05, 0) is 62.4 Å². The molecule has 0 aliphatic carbocycles. The van der Waals surface area contributed by atoms with Crippen molar-refractivity contribution in [3.63, 3.8) is 0 Å². The highest BCUT2D eigenvalue weighted by molar-refractivity contribution is 7.14. The average Bonchev–Trinajstić information content (AvgIpc) is 3.15. The van der Waals surface area contributed by atoms with Crippen molar-refractivity contribution >= 4 is 17.1 Å². The maximum atomic E-state index is 12.4. The van der Waals surface area contributed by atoms with E-state index in [0.717, 1.165) is 34.6 Å². The number of benzene rings is 1. The fourth-order valence-electron chi connectivity index (χ4n) is 2.76. The molecule has 1 aromatic heterocycles. The number of Topliss-reactive ketones (excluding diaryl/α,β-unsaturated/α-hetero) is 1. The third-order valence-corrected chi connectivity index (χ3v) is 5.74. The molecule has 2 aromatic rings. The lowest BCUT2D eigenvalue weighted by Crippen LogP contribution is -2.40. The number of rotatable bonds is 11. The molecule has 1 atom stereocenters. The molecule has 0 aliphatic rings. The minimum absolute atomic E-state index is 0.0414. The maximum Gasteiger partial charge on any atom is 0.172 e. The van der Waals surface area contributed by atoms with Crippen LogP contribution in [0.3, 0.4) is 0 Å². The Labute approximate surface area is 165 Å². The average molecular weight is 392 g/mol. The van der Waals surface area contributed by atoms with E-state index in [1.165, 1.54) is 11.3 Å². The number of aryl methyl sites for hydroxylation is 2. The lowest BCUT2D eigenvalue weighted by atomic mass is 9.98. The second-order valence-electron chi connectivity index (χ2n) is 7.04. The first-order valence-electron chi connectivity index (χ1n) is 9.11. The van der Waals surface area contributed by atoms with Gasteiger partial charge in [0, 0.05) is 16.8 Å². The largest absolute Gasteiger partial charge is 0.493 e. The number of ether oxygens (including phenoxy) is 2. The fraction of sp³-hybridized carbons (Fsp3) is 0.476. The first-order chi connectivity index (χ1) is 12.9. The highest BCUT2D eigenvalue weighted by Crippen LogP contribution is 2.28. The molecule has 0 radical (unpaired) electrons. The summed E-state index contributed by atoms with van der Waals surface area (Å²) in [5.41, 5.74) is 6.51. The van der Waals surface area contributed by atoms with Gasteiger partial charge in [-0.15, -0.1) is 11.3 Å². The Morgan fingerprint density at radius 2 is 1.89 bits per heavy atom. The number of hydrogen-bond acceptors (Lipinski definition) is 6. The summed E-state index contributed by atoms with van der Waals surface area (Å²) in [6.45, 7) is 1.79. The number of ketones is 1. The number of hydrogen-bond donors (Lipinski definition) is 2. The molecule has 3 N–H and O–H groups in total. The smallest absolute Gasteiger partial charge is 0.172 e. The van der Waals surface area contributed by atoms with Crippen LogP contribution in [0.5, 0.6) is 11.5 Å². The summed E-state index contributed by atoms with van der Waals surface area (Å²) in [5, 5.41) is 9.23. The molecule has 2 rings (SSSR count). The van der Waals surface area contributed by atoms with E-state index in [9.17, 15) is 9.90 Å². The molecule has 0 saturated heterocycles. The minimum atomic E-state index is -0.576. The molecule has 6 heteroatoms. The predicted octanol–water partition coefficient (Wildman–Crippen LogP) is 3.61. The van der Waals surface area contributed by atoms with Crippen LogP contribution in [0.1, 0.15) is 46.3 Å². The number of aliphatic hydroxyl groups excluding tert-OH is 1. The highest BCUT2D eigenvalue weighted by atomic mass is 32.1. The van der Waals surface area contributed by atoms with Crippen LogP contribution in [0.2, 0.25) is 0 Å². The summed E-state index contributed by atoms with van der Waals surface area (Å²) in [6, 6.07) is 9.72. The fourth-order valence-corrected chi connectivity index (χ4v) is 3.74. The van der Waals surface area contributed by atoms with Crippen LogP contribution < -0.4 is 15.2 Å². The molecule has 1 aromatic carbocycles. The van der Waals surface area contributed by atoms with Gasteiger partial charge < -0.3 is 20.3 Å². The van der Waals surface area contributed by atoms with Crippen LogP contribution in [0.15, 0.2) is 30.3 Å². The Morgan fingerprint density at radius 1 is 1.15 bits per heavy atom. The Bertz CT molecular complexity index is 754. The summed E-state index contributed by atoms with van der Waals surface area (Å²) in [5.74, 6) is 1.58. The second kappa shape index (κ2) is 9.88. The minimum Gasteiger partial charge on any atom is -0.493 e. The Morgan fingerprint density at radius 3 is 2.56 bits per heavy atom. The summed E-state index contributed by atoms with van der Waals surface area (Å²) in [4.78, 5) is 14.3. The van der Waals surface area contributed by atoms with Crippen molar-refractivity contribution < 1.29 is 19.4 Å². The molecule has 27 heavy (non-hydrogen) atoms. The van der Waals surface area contributed by atoms with Gasteiger partial charge in [0.25, 0.3) is 0 Å². The van der Waals surface area contributed by atoms with Crippen LogP contribution in [0.4, 0.5) is 0 Å². The summed E-state index contributed by atoms with van der Waals surface area (Å²) < 4.78 is 10.6. The van der Waals surface area contributed by atoms with Crippen molar-refractivity contribution in [3.8, 4) is 11.5 Å². The molecule has 0 fully saturated rings. The van der Waals surface area contributed by atoms with Crippen molar-refractivity contribution in [1.82, 2.24) is 0 Å². The van der Waals surface area contributed by atoms with Gasteiger partial charge in [0.1, 0.15) is 0 Å². The molecule has 0 aliphatic heterocycles. The SMILES string of the molecule is COc1ccc(CCCC(=O)c2ccc(CCC(C)(N)CO)s2)cc1OC. The third-order valence-electron chi connectivity index (χ3n) is 4.56. The first-order valence-corrected chi connectivity index (χ1v) is 9.93. The van der Waals surface area contributed by atoms with Gasteiger partial charge in [-0.25, -0.2) is 0 Å². The van der Waals surface area contributed by atoms with Gasteiger partial charge in [0.05, 0.1) is 25.7 Å². The van der Waals surface area contributed by atoms with Crippen molar-refractivity contribution in [2.45, 2.75) is 44.6 Å². The van der Waals surface area contributed by atoms with Gasteiger partial charge in [-0.2, -0.15) is 0 Å². The standard InChI is InChI=1S/C21H29NO4S/c1-21(22,14-23)12-11-16-8-10-20(27-16)17(24)6-4-5-15-7-9-18(25-2)19(13-15)26-3/h7-10,13,23H,4-6,11-12,14,22H2,1-3H3. The maximum absolute atomic E-state index is 12.4. The zero-order valence-electron chi connectivity index (χ0n) is 16.3. The predicted molar refractivity (Wildman–Crippen MR) is 109 cm³/mol. The Balaban J connectivity index is 1.84. The molecule has 0 saturated carbocycles. The molecular formula is C21H29NO4S. The van der Waals surface area contributed by atoms with Gasteiger partial charge in [0.2, 0.25) is 0 Å². The molecule has 0 bridgehead atoms. The van der Waals surface area contributed by atoms with Gasteiger partial charge >= 0.3 is 0 Å². The van der Waals surface area contributed by atoms with E-state index in [4.69, 9.17) is 15.2 Å². The number of carbonyl (C=O) groups is 1. The van der Waals surface area contributed by atoms with Crippen molar-refractivity contribution in [1.29, 1.82) is 0 Å². The summed E-state index contributed by atoms with van der Waals surface area (Å²) in [6.07, 6.45) is 3.58. The van der Waals surface area contributed by atoms with E-state index in [-0.39, 0.29) is 12.4 Å². The number of aliphatic hydroxyl groups is 1. The molecular weight excluding hydrogens is 362 g/mol. The molecule has 1 unspecified atom stereocenters. The van der Waals surface area contributed by atoms with E-state index >= 15 is 0 Å². The van der Waals surface area contributed by atoms with E-state index in [1.54, 1.807) is 14.2 Å². The molecule has 0 amide bonds. The molecule has 148 valence electrons. The second-order valence-corrected chi connectivity index (χ2v) is 8.21. The zero-order chi connectivity index (χ0) is 19.9. The van der Waals surface area contributed by atoms with Gasteiger partial charge in [-0.1, -0.05) is 6.07 Å². The van der Waals surface area contributed by atoms with Crippen LogP contribution in [0, 0.1) is 0 Å². The third kappa shape index (κ3) is 6.34. The quantitative estimate of drug-likeness (QED) is 0.572. The van der Waals surface area contributed by atoms with Gasteiger partial charge in [-0.3, -0.25) is 4.79 Å². The number of methoxy groups -OCH3 is 2. The zero-order valence-corrected chi connectivity index (χ0v) is 17.1. The number of carbonyl (C=O) groups excluding carboxylic acids is 1. The molecule has 0 spiro atoms. The summed E-state index contributed by atoms with van der Waals surface area (Å²) >= 11 is 1.53. The lowest BCUT2D eigenvalue weighted by Gasteiger charge is -2.20. The monoisotopic (exact) mass is 391 g/mol. The Hall–Kier alpha value is -1.89. The number of thiophene rings is 1. The van der Waals surface area contributed by atoms with Crippen LogP contribution in [0.25, 0.3) is 0 Å². The van der Waals surface area contributed by atoms with Crippen LogP contribution >= 0.6 is 11.3 Å². The lowest BCUT2D eigenvalue weighted by molar-refractivity contribution is 0.0984. The normalized spacial score (nSPS) is 13.2. The van der Waals surface area contributed by atoms with E-state index < -0.39 is 5.54 Å². The summed E-state index contributed by atoms with van der Waals surface area (Å²) in [7, 11) is 3.23. The van der Waals surface area contributed by atoms with Crippen molar-refractivity contribution in [2.24, 2.45) is 5.73 Å².